The largest absolute Gasteiger partial charge is 0.346 e. The van der Waals surface area contributed by atoms with Gasteiger partial charge in [0.05, 0.1) is 5.52 Å². The van der Waals surface area contributed by atoms with Crippen molar-refractivity contribution in [1.29, 1.82) is 0 Å². The molecule has 0 fully saturated rings. The third kappa shape index (κ3) is 1.85. The standard InChI is InChI=1S/C14H10N2S/c17-14-8-2-7-13(16-14)11-4-1-6-12-10(11)5-3-9-15-12/h1-9H,(H,16,17). The Bertz CT molecular complexity index is 726. The van der Waals surface area contributed by atoms with Gasteiger partial charge in [0.1, 0.15) is 4.64 Å². The van der Waals surface area contributed by atoms with Gasteiger partial charge in [-0.2, -0.15) is 0 Å². The van der Waals surface area contributed by atoms with Crippen LogP contribution in [0.3, 0.4) is 0 Å². The second-order valence-electron chi connectivity index (χ2n) is 3.80. The van der Waals surface area contributed by atoms with Gasteiger partial charge in [-0.3, -0.25) is 4.98 Å². The SMILES string of the molecule is S=c1cccc(-c2cccc3ncccc23)[nH]1. The number of nitrogens with zero attached hydrogens (tertiary/aromatic N) is 1. The molecule has 2 nitrogen and oxygen atoms in total. The molecule has 2 heterocycles. The molecule has 0 radical (unpaired) electrons. The Hall–Kier alpha value is -2.00. The Labute approximate surface area is 104 Å². The van der Waals surface area contributed by atoms with Crippen LogP contribution in [0.2, 0.25) is 0 Å². The number of nitrogens with one attached hydrogen (secondary N) is 1. The summed E-state index contributed by atoms with van der Waals surface area (Å²) in [4.78, 5) is 7.55. The lowest BCUT2D eigenvalue weighted by atomic mass is 10.1. The van der Waals surface area contributed by atoms with E-state index in [0.717, 1.165) is 26.8 Å². The van der Waals surface area contributed by atoms with Crippen LogP contribution in [0.25, 0.3) is 22.2 Å². The molecule has 0 aliphatic rings. The highest BCUT2D eigenvalue weighted by Gasteiger charge is 2.03. The minimum absolute atomic E-state index is 0.739. The molecule has 0 saturated heterocycles. The molecule has 3 heteroatoms. The molecule has 0 spiro atoms. The van der Waals surface area contributed by atoms with Gasteiger partial charge in [-0.05, 0) is 24.3 Å². The van der Waals surface area contributed by atoms with Gasteiger partial charge >= 0.3 is 0 Å². The number of pyridine rings is 2. The molecule has 0 bridgehead atoms. The first-order chi connectivity index (χ1) is 8.34. The summed E-state index contributed by atoms with van der Waals surface area (Å²) in [5, 5.41) is 1.13. The molecule has 0 aliphatic carbocycles. The van der Waals surface area contributed by atoms with Crippen molar-refractivity contribution in [2.75, 3.05) is 0 Å². The van der Waals surface area contributed by atoms with Crippen molar-refractivity contribution in [2.24, 2.45) is 0 Å². The van der Waals surface area contributed by atoms with E-state index in [1.807, 2.05) is 36.4 Å². The van der Waals surface area contributed by atoms with Crippen molar-refractivity contribution < 1.29 is 0 Å². The number of aromatic amines is 1. The van der Waals surface area contributed by atoms with Gasteiger partial charge in [-0.25, -0.2) is 0 Å². The van der Waals surface area contributed by atoms with Crippen LogP contribution >= 0.6 is 12.2 Å². The zero-order valence-electron chi connectivity index (χ0n) is 9.05. The zero-order valence-corrected chi connectivity index (χ0v) is 9.87. The molecule has 1 aromatic carbocycles. The first-order valence-electron chi connectivity index (χ1n) is 5.38. The smallest absolute Gasteiger partial charge is 0.103 e. The predicted octanol–water partition coefficient (Wildman–Crippen LogP) is 3.96. The van der Waals surface area contributed by atoms with E-state index in [2.05, 4.69) is 22.1 Å². The van der Waals surface area contributed by atoms with Crippen LogP contribution < -0.4 is 0 Å². The van der Waals surface area contributed by atoms with E-state index in [4.69, 9.17) is 12.2 Å². The first kappa shape index (κ1) is 10.2. The molecule has 3 rings (SSSR count). The van der Waals surface area contributed by atoms with Crippen molar-refractivity contribution >= 4 is 23.1 Å². The van der Waals surface area contributed by atoms with Gasteiger partial charge in [0, 0.05) is 22.8 Å². The van der Waals surface area contributed by atoms with Gasteiger partial charge in [-0.15, -0.1) is 0 Å². The van der Waals surface area contributed by atoms with Crippen LogP contribution in [0.5, 0.6) is 0 Å². The van der Waals surface area contributed by atoms with Gasteiger partial charge < -0.3 is 4.98 Å². The highest BCUT2D eigenvalue weighted by molar-refractivity contribution is 7.71. The Morgan fingerprint density at radius 1 is 0.941 bits per heavy atom. The lowest BCUT2D eigenvalue weighted by Crippen LogP contribution is -1.86. The van der Waals surface area contributed by atoms with Crippen molar-refractivity contribution in [3.8, 4) is 11.3 Å². The fourth-order valence-corrected chi connectivity index (χ4v) is 2.13. The summed E-state index contributed by atoms with van der Waals surface area (Å²) < 4.78 is 0.739. The summed E-state index contributed by atoms with van der Waals surface area (Å²) in [6.07, 6.45) is 1.80. The number of aromatic nitrogens is 2. The highest BCUT2D eigenvalue weighted by Crippen LogP contribution is 2.25. The fourth-order valence-electron chi connectivity index (χ4n) is 1.94. The van der Waals surface area contributed by atoms with E-state index in [1.165, 1.54) is 0 Å². The average molecular weight is 238 g/mol. The molecule has 3 aromatic rings. The second kappa shape index (κ2) is 4.11. The number of hydrogen-bond donors (Lipinski definition) is 1. The maximum Gasteiger partial charge on any atom is 0.103 e. The van der Waals surface area contributed by atoms with Gasteiger partial charge in [0.15, 0.2) is 0 Å². The number of H-pyrrole nitrogens is 1. The van der Waals surface area contributed by atoms with E-state index in [9.17, 15) is 0 Å². The third-order valence-corrected chi connectivity index (χ3v) is 2.94. The summed E-state index contributed by atoms with van der Waals surface area (Å²) in [5.74, 6) is 0. The van der Waals surface area contributed by atoms with E-state index in [0.29, 0.717) is 0 Å². The lowest BCUT2D eigenvalue weighted by Gasteiger charge is -2.05. The summed E-state index contributed by atoms with van der Waals surface area (Å²) in [7, 11) is 0. The van der Waals surface area contributed by atoms with Crippen molar-refractivity contribution in [2.45, 2.75) is 0 Å². The summed E-state index contributed by atoms with van der Waals surface area (Å²) in [6.45, 7) is 0. The molecule has 0 aliphatic heterocycles. The van der Waals surface area contributed by atoms with Crippen molar-refractivity contribution in [3.63, 3.8) is 0 Å². The Morgan fingerprint density at radius 3 is 2.71 bits per heavy atom. The molecule has 0 unspecified atom stereocenters. The number of hydrogen-bond acceptors (Lipinski definition) is 2. The van der Waals surface area contributed by atoms with Crippen LogP contribution in [0, 0.1) is 4.64 Å². The Kier molecular flexibility index (Phi) is 2.46. The van der Waals surface area contributed by atoms with Crippen LogP contribution in [-0.2, 0) is 0 Å². The second-order valence-corrected chi connectivity index (χ2v) is 4.24. The maximum atomic E-state index is 5.15. The monoisotopic (exact) mass is 238 g/mol. The van der Waals surface area contributed by atoms with E-state index in [-0.39, 0.29) is 0 Å². The van der Waals surface area contributed by atoms with Crippen molar-refractivity contribution in [1.82, 2.24) is 9.97 Å². The van der Waals surface area contributed by atoms with E-state index >= 15 is 0 Å². The van der Waals surface area contributed by atoms with Crippen molar-refractivity contribution in [3.05, 3.63) is 59.4 Å². The topological polar surface area (TPSA) is 28.7 Å². The van der Waals surface area contributed by atoms with Crippen LogP contribution in [0.1, 0.15) is 0 Å². The van der Waals surface area contributed by atoms with Crippen LogP contribution in [0.15, 0.2) is 54.7 Å². The van der Waals surface area contributed by atoms with Gasteiger partial charge in [0.25, 0.3) is 0 Å². The molecular weight excluding hydrogens is 228 g/mol. The maximum absolute atomic E-state index is 5.15. The van der Waals surface area contributed by atoms with Gasteiger partial charge in [-0.1, -0.05) is 36.5 Å². The molecule has 82 valence electrons. The molecule has 0 atom stereocenters. The molecule has 0 amide bonds. The number of rotatable bonds is 1. The van der Waals surface area contributed by atoms with E-state index in [1.54, 1.807) is 6.20 Å². The summed E-state index contributed by atoms with van der Waals surface area (Å²) in [5.41, 5.74) is 3.14. The normalized spacial score (nSPS) is 10.6. The quantitative estimate of drug-likeness (QED) is 0.650. The first-order valence-corrected chi connectivity index (χ1v) is 5.79. The zero-order chi connectivity index (χ0) is 11.7. The predicted molar refractivity (Wildman–Crippen MR) is 72.4 cm³/mol. The molecule has 1 N–H and O–H groups in total. The minimum Gasteiger partial charge on any atom is -0.346 e. The third-order valence-electron chi connectivity index (χ3n) is 2.70. The van der Waals surface area contributed by atoms with Gasteiger partial charge in [0.2, 0.25) is 0 Å². The number of benzene rings is 1. The van der Waals surface area contributed by atoms with E-state index < -0.39 is 0 Å². The summed E-state index contributed by atoms with van der Waals surface area (Å²) >= 11 is 5.15. The Balaban J connectivity index is 2.34. The number of fused-ring (bicyclic) bond motifs is 1. The molecular formula is C14H10N2S. The highest BCUT2D eigenvalue weighted by atomic mass is 32.1. The lowest BCUT2D eigenvalue weighted by molar-refractivity contribution is 1.30. The molecule has 17 heavy (non-hydrogen) atoms. The fraction of sp³-hybridized carbons (Fsp3) is 0. The summed E-state index contributed by atoms with van der Waals surface area (Å²) in [6, 6.07) is 16.0. The molecule has 2 aromatic heterocycles. The Morgan fingerprint density at radius 2 is 1.82 bits per heavy atom. The minimum atomic E-state index is 0.739. The van der Waals surface area contributed by atoms with Crippen LogP contribution in [0.4, 0.5) is 0 Å². The average Bonchev–Trinajstić information content (AvgIpc) is 2.38. The van der Waals surface area contributed by atoms with Crippen LogP contribution in [-0.4, -0.2) is 9.97 Å². The molecule has 0 saturated carbocycles.